The van der Waals surface area contributed by atoms with E-state index >= 15 is 0 Å². The molecule has 1 aliphatic heterocycles. The molecule has 0 aliphatic carbocycles. The summed E-state index contributed by atoms with van der Waals surface area (Å²) in [5.41, 5.74) is -0.422. The molecular formula is C21H31NO. The standard InChI is InChI=1S/C21H31NO/c1-4-20(3,5-2)21(23,19-13-8-6-9-14-19)15-12-18-22-16-10-7-11-17-22/h6,8-9,13-14,23H,4-5,7,10-11,16-18H2,1-3H3. The molecule has 1 unspecified atom stereocenters. The number of benzene rings is 1. The maximum absolute atomic E-state index is 11.5. The van der Waals surface area contributed by atoms with E-state index in [0.717, 1.165) is 38.0 Å². The molecule has 0 radical (unpaired) electrons. The molecule has 1 fully saturated rings. The van der Waals surface area contributed by atoms with Crippen LogP contribution in [0.3, 0.4) is 0 Å². The summed E-state index contributed by atoms with van der Waals surface area (Å²) in [4.78, 5) is 2.40. The Balaban J connectivity index is 2.27. The van der Waals surface area contributed by atoms with Crippen LogP contribution >= 0.6 is 0 Å². The van der Waals surface area contributed by atoms with Gasteiger partial charge in [0.25, 0.3) is 0 Å². The highest BCUT2D eigenvalue weighted by atomic mass is 16.3. The van der Waals surface area contributed by atoms with E-state index in [9.17, 15) is 5.11 Å². The van der Waals surface area contributed by atoms with Gasteiger partial charge in [0.1, 0.15) is 0 Å². The first kappa shape index (κ1) is 18.0. The molecule has 23 heavy (non-hydrogen) atoms. The number of piperidine rings is 1. The van der Waals surface area contributed by atoms with Gasteiger partial charge in [0.15, 0.2) is 5.60 Å². The second-order valence-electron chi connectivity index (χ2n) is 6.98. The van der Waals surface area contributed by atoms with Crippen LogP contribution in [-0.4, -0.2) is 29.6 Å². The third kappa shape index (κ3) is 3.97. The number of hydrogen-bond acceptors (Lipinski definition) is 2. The zero-order valence-electron chi connectivity index (χ0n) is 14.9. The Morgan fingerprint density at radius 2 is 1.65 bits per heavy atom. The normalized spacial score (nSPS) is 18.8. The van der Waals surface area contributed by atoms with Gasteiger partial charge < -0.3 is 5.11 Å². The van der Waals surface area contributed by atoms with Crippen molar-refractivity contribution >= 4 is 0 Å². The van der Waals surface area contributed by atoms with Crippen LogP contribution in [0.25, 0.3) is 0 Å². The van der Waals surface area contributed by atoms with Gasteiger partial charge in [-0.25, -0.2) is 0 Å². The molecule has 126 valence electrons. The fourth-order valence-electron chi connectivity index (χ4n) is 3.41. The average Bonchev–Trinajstić information content (AvgIpc) is 2.62. The molecule has 0 amide bonds. The van der Waals surface area contributed by atoms with Crippen molar-refractivity contribution in [2.45, 2.75) is 58.5 Å². The minimum Gasteiger partial charge on any atom is -0.373 e. The zero-order chi connectivity index (χ0) is 16.8. The van der Waals surface area contributed by atoms with Crippen LogP contribution in [0.15, 0.2) is 30.3 Å². The zero-order valence-corrected chi connectivity index (χ0v) is 14.9. The van der Waals surface area contributed by atoms with Crippen molar-refractivity contribution in [2.75, 3.05) is 19.6 Å². The van der Waals surface area contributed by atoms with Gasteiger partial charge in [0, 0.05) is 5.41 Å². The predicted octanol–water partition coefficient (Wildman–Crippen LogP) is 4.19. The van der Waals surface area contributed by atoms with Crippen molar-refractivity contribution in [3.63, 3.8) is 0 Å². The van der Waals surface area contributed by atoms with E-state index in [1.165, 1.54) is 19.3 Å². The van der Waals surface area contributed by atoms with Crippen LogP contribution in [0, 0.1) is 17.3 Å². The predicted molar refractivity (Wildman–Crippen MR) is 97.1 cm³/mol. The minimum atomic E-state index is -1.09. The van der Waals surface area contributed by atoms with Crippen molar-refractivity contribution in [2.24, 2.45) is 5.41 Å². The van der Waals surface area contributed by atoms with Crippen molar-refractivity contribution in [3.05, 3.63) is 35.9 Å². The van der Waals surface area contributed by atoms with Crippen LogP contribution in [0.2, 0.25) is 0 Å². The number of nitrogens with zero attached hydrogens (tertiary/aromatic N) is 1. The molecule has 2 nitrogen and oxygen atoms in total. The highest BCUT2D eigenvalue weighted by Crippen LogP contribution is 2.44. The molecule has 1 aromatic carbocycles. The topological polar surface area (TPSA) is 23.5 Å². The fraction of sp³-hybridized carbons (Fsp3) is 0.619. The maximum Gasteiger partial charge on any atom is 0.156 e. The molecule has 1 saturated heterocycles. The van der Waals surface area contributed by atoms with Crippen LogP contribution in [-0.2, 0) is 5.60 Å². The smallest absolute Gasteiger partial charge is 0.156 e. The van der Waals surface area contributed by atoms with Gasteiger partial charge in [0.2, 0.25) is 0 Å². The van der Waals surface area contributed by atoms with Gasteiger partial charge in [-0.2, -0.15) is 0 Å². The first-order chi connectivity index (χ1) is 11.1. The number of hydrogen-bond donors (Lipinski definition) is 1. The Labute approximate surface area is 141 Å². The van der Waals surface area contributed by atoms with Gasteiger partial charge in [-0.1, -0.05) is 69.4 Å². The first-order valence-corrected chi connectivity index (χ1v) is 9.06. The molecule has 1 N–H and O–H groups in total. The van der Waals surface area contributed by atoms with E-state index in [0.29, 0.717) is 0 Å². The Kier molecular flexibility index (Phi) is 6.27. The molecular weight excluding hydrogens is 282 g/mol. The van der Waals surface area contributed by atoms with E-state index in [1.54, 1.807) is 0 Å². The molecule has 0 bridgehead atoms. The molecule has 0 saturated carbocycles. The summed E-state index contributed by atoms with van der Waals surface area (Å²) in [6.07, 6.45) is 5.67. The van der Waals surface area contributed by atoms with Gasteiger partial charge >= 0.3 is 0 Å². The lowest BCUT2D eigenvalue weighted by molar-refractivity contribution is -0.0369. The lowest BCUT2D eigenvalue weighted by atomic mass is 9.66. The average molecular weight is 313 g/mol. The molecule has 1 aliphatic rings. The summed E-state index contributed by atoms with van der Waals surface area (Å²) in [5, 5.41) is 11.5. The summed E-state index contributed by atoms with van der Waals surface area (Å²) in [7, 11) is 0. The minimum absolute atomic E-state index is 0.247. The Bertz CT molecular complexity index is 532. The van der Waals surface area contributed by atoms with Crippen LogP contribution in [0.4, 0.5) is 0 Å². The van der Waals surface area contributed by atoms with Crippen LogP contribution in [0.1, 0.15) is 58.4 Å². The Morgan fingerprint density at radius 1 is 1.04 bits per heavy atom. The van der Waals surface area contributed by atoms with E-state index in [4.69, 9.17) is 0 Å². The summed E-state index contributed by atoms with van der Waals surface area (Å²) < 4.78 is 0. The highest BCUT2D eigenvalue weighted by Gasteiger charge is 2.44. The van der Waals surface area contributed by atoms with E-state index < -0.39 is 5.60 Å². The summed E-state index contributed by atoms with van der Waals surface area (Å²) in [6.45, 7) is 9.47. The molecule has 1 aromatic rings. The Hall–Kier alpha value is -1.30. The maximum atomic E-state index is 11.5. The van der Waals surface area contributed by atoms with Crippen LogP contribution in [0.5, 0.6) is 0 Å². The summed E-state index contributed by atoms with van der Waals surface area (Å²) >= 11 is 0. The third-order valence-electron chi connectivity index (χ3n) is 5.65. The first-order valence-electron chi connectivity index (χ1n) is 9.06. The lowest BCUT2D eigenvalue weighted by Crippen LogP contribution is -2.42. The Morgan fingerprint density at radius 3 is 2.22 bits per heavy atom. The quantitative estimate of drug-likeness (QED) is 0.824. The molecule has 0 spiro atoms. The molecule has 2 rings (SSSR count). The monoisotopic (exact) mass is 313 g/mol. The van der Waals surface area contributed by atoms with Gasteiger partial charge in [-0.15, -0.1) is 0 Å². The third-order valence-corrected chi connectivity index (χ3v) is 5.65. The largest absolute Gasteiger partial charge is 0.373 e. The fourth-order valence-corrected chi connectivity index (χ4v) is 3.41. The van der Waals surface area contributed by atoms with Crippen LogP contribution < -0.4 is 0 Å². The molecule has 0 aromatic heterocycles. The molecule has 1 atom stereocenters. The molecule has 2 heteroatoms. The number of rotatable bonds is 5. The van der Waals surface area contributed by atoms with Gasteiger partial charge in [-0.3, -0.25) is 4.90 Å². The van der Waals surface area contributed by atoms with Crippen molar-refractivity contribution in [3.8, 4) is 11.8 Å². The van der Waals surface area contributed by atoms with E-state index in [-0.39, 0.29) is 5.41 Å². The summed E-state index contributed by atoms with van der Waals surface area (Å²) in [6, 6.07) is 9.95. The van der Waals surface area contributed by atoms with E-state index in [1.807, 2.05) is 30.3 Å². The second-order valence-corrected chi connectivity index (χ2v) is 6.98. The summed E-state index contributed by atoms with van der Waals surface area (Å²) in [5.74, 6) is 6.56. The van der Waals surface area contributed by atoms with E-state index in [2.05, 4.69) is 37.5 Å². The molecule has 1 heterocycles. The number of likely N-dealkylation sites (tertiary alicyclic amines) is 1. The SMILES string of the molecule is CCC(C)(CC)C(O)(C#CCN1CCCCC1)c1ccccc1. The number of aliphatic hydroxyl groups is 1. The van der Waals surface area contributed by atoms with Gasteiger partial charge in [0.05, 0.1) is 6.54 Å². The highest BCUT2D eigenvalue weighted by molar-refractivity contribution is 5.35. The van der Waals surface area contributed by atoms with Crippen molar-refractivity contribution in [1.82, 2.24) is 4.90 Å². The van der Waals surface area contributed by atoms with Crippen molar-refractivity contribution < 1.29 is 5.11 Å². The second kappa shape index (κ2) is 7.99. The van der Waals surface area contributed by atoms with Gasteiger partial charge in [-0.05, 0) is 44.3 Å². The lowest BCUT2D eigenvalue weighted by Gasteiger charge is -2.41. The van der Waals surface area contributed by atoms with Crippen molar-refractivity contribution in [1.29, 1.82) is 0 Å².